The summed E-state index contributed by atoms with van der Waals surface area (Å²) in [6, 6.07) is 0. The summed E-state index contributed by atoms with van der Waals surface area (Å²) in [6.07, 6.45) is 0. The molecule has 0 saturated heterocycles. The molecule has 0 bridgehead atoms. The van der Waals surface area contributed by atoms with Gasteiger partial charge in [0.05, 0.1) is 5.69 Å². The van der Waals surface area contributed by atoms with Gasteiger partial charge in [0.2, 0.25) is 0 Å². The molecule has 0 unspecified atom stereocenters. The Morgan fingerprint density at radius 2 is 1.94 bits per heavy atom. The first-order valence-electron chi connectivity index (χ1n) is 6.01. The van der Waals surface area contributed by atoms with Crippen LogP contribution in [0.1, 0.15) is 45.3 Å². The van der Waals surface area contributed by atoms with Crippen LogP contribution >= 0.6 is 11.3 Å². The molecule has 3 nitrogen and oxygen atoms in total. The lowest BCUT2D eigenvalue weighted by molar-refractivity contribution is 0.156. The summed E-state index contributed by atoms with van der Waals surface area (Å²) in [5.74, 6) is 0. The first-order valence-corrected chi connectivity index (χ1v) is 6.89. The number of nitrogens with one attached hydrogen (secondary N) is 1. The molecule has 4 heteroatoms. The zero-order valence-corrected chi connectivity index (χ0v) is 12.3. The van der Waals surface area contributed by atoms with Crippen molar-refractivity contribution in [2.45, 2.75) is 46.6 Å². The van der Waals surface area contributed by atoms with E-state index in [1.807, 2.05) is 13.8 Å². The third-order valence-electron chi connectivity index (χ3n) is 2.63. The van der Waals surface area contributed by atoms with Crippen molar-refractivity contribution in [2.24, 2.45) is 5.41 Å². The van der Waals surface area contributed by atoms with Crippen molar-refractivity contribution in [3.8, 4) is 0 Å². The third-order valence-corrected chi connectivity index (χ3v) is 3.48. The maximum absolute atomic E-state index is 9.15. The summed E-state index contributed by atoms with van der Waals surface area (Å²) in [7, 11) is 0. The Labute approximate surface area is 108 Å². The lowest BCUT2D eigenvalue weighted by Gasteiger charge is -2.21. The maximum atomic E-state index is 9.15. The highest BCUT2D eigenvalue weighted by Crippen LogP contribution is 2.23. The Balaban J connectivity index is 2.46. The Morgan fingerprint density at radius 3 is 2.41 bits per heavy atom. The smallest absolute Gasteiger partial charge is 0.107 e. The van der Waals surface area contributed by atoms with Crippen LogP contribution < -0.4 is 5.32 Å². The second-order valence-corrected chi connectivity index (χ2v) is 7.25. The van der Waals surface area contributed by atoms with Crippen LogP contribution in [0.15, 0.2) is 5.38 Å². The van der Waals surface area contributed by atoms with Gasteiger partial charge in [-0.05, 0) is 0 Å². The minimum atomic E-state index is -0.0654. The molecule has 0 radical (unpaired) electrons. The van der Waals surface area contributed by atoms with Gasteiger partial charge in [-0.25, -0.2) is 4.98 Å². The first kappa shape index (κ1) is 14.6. The number of nitrogens with zero attached hydrogens (tertiary/aromatic N) is 1. The fourth-order valence-electron chi connectivity index (χ4n) is 1.30. The zero-order valence-electron chi connectivity index (χ0n) is 11.5. The lowest BCUT2D eigenvalue weighted by atomic mass is 9.93. The van der Waals surface area contributed by atoms with Crippen molar-refractivity contribution >= 4 is 11.3 Å². The van der Waals surface area contributed by atoms with Crippen LogP contribution in [0.3, 0.4) is 0 Å². The second-order valence-electron chi connectivity index (χ2n) is 6.30. The largest absolute Gasteiger partial charge is 0.396 e. The van der Waals surface area contributed by atoms with Crippen LogP contribution in [0, 0.1) is 5.41 Å². The predicted molar refractivity (Wildman–Crippen MR) is 73.4 cm³/mol. The number of hydrogen-bond donors (Lipinski definition) is 2. The lowest BCUT2D eigenvalue weighted by Crippen LogP contribution is -2.31. The van der Waals surface area contributed by atoms with Gasteiger partial charge in [0.1, 0.15) is 5.01 Å². The van der Waals surface area contributed by atoms with Crippen LogP contribution in [0.4, 0.5) is 0 Å². The maximum Gasteiger partial charge on any atom is 0.107 e. The quantitative estimate of drug-likeness (QED) is 0.851. The summed E-state index contributed by atoms with van der Waals surface area (Å²) >= 11 is 1.70. The second kappa shape index (κ2) is 5.46. The minimum Gasteiger partial charge on any atom is -0.396 e. The topological polar surface area (TPSA) is 45.1 Å². The highest BCUT2D eigenvalue weighted by atomic mass is 32.1. The number of aliphatic hydroxyl groups is 1. The van der Waals surface area contributed by atoms with E-state index >= 15 is 0 Å². The van der Waals surface area contributed by atoms with Crippen molar-refractivity contribution in [1.82, 2.24) is 10.3 Å². The molecule has 0 saturated carbocycles. The fraction of sp³-hybridized carbons (Fsp3) is 0.769. The zero-order chi connectivity index (χ0) is 13.1. The molecule has 0 aromatic carbocycles. The van der Waals surface area contributed by atoms with E-state index < -0.39 is 0 Å². The van der Waals surface area contributed by atoms with Gasteiger partial charge in [0, 0.05) is 35.9 Å². The standard InChI is InChI=1S/C13H24N2OS/c1-12(2,3)10-7-17-11(15-10)6-14-8-13(4,5)9-16/h7,14,16H,6,8-9H2,1-5H3. The minimum absolute atomic E-state index is 0.0654. The monoisotopic (exact) mass is 256 g/mol. The molecule has 0 aliphatic rings. The van der Waals surface area contributed by atoms with E-state index in [0.29, 0.717) is 0 Å². The summed E-state index contributed by atoms with van der Waals surface area (Å²) in [5, 5.41) is 15.7. The summed E-state index contributed by atoms with van der Waals surface area (Å²) in [6.45, 7) is 12.4. The average Bonchev–Trinajstić information content (AvgIpc) is 2.66. The Hall–Kier alpha value is -0.450. The molecule has 1 rings (SSSR count). The van der Waals surface area contributed by atoms with Gasteiger partial charge in [-0.3, -0.25) is 0 Å². The number of aliphatic hydroxyl groups excluding tert-OH is 1. The normalized spacial score (nSPS) is 13.1. The van der Waals surface area contributed by atoms with Gasteiger partial charge >= 0.3 is 0 Å². The van der Waals surface area contributed by atoms with Crippen LogP contribution in [-0.4, -0.2) is 23.2 Å². The van der Waals surface area contributed by atoms with E-state index in [1.54, 1.807) is 11.3 Å². The third kappa shape index (κ3) is 4.74. The van der Waals surface area contributed by atoms with E-state index in [1.165, 1.54) is 0 Å². The van der Waals surface area contributed by atoms with E-state index in [2.05, 4.69) is 36.5 Å². The molecule has 1 heterocycles. The molecule has 0 amide bonds. The van der Waals surface area contributed by atoms with Gasteiger partial charge in [0.25, 0.3) is 0 Å². The van der Waals surface area contributed by atoms with Crippen molar-refractivity contribution in [3.05, 3.63) is 16.1 Å². The van der Waals surface area contributed by atoms with Crippen LogP contribution in [0.5, 0.6) is 0 Å². The molecule has 1 aromatic heterocycles. The number of rotatable bonds is 5. The van der Waals surface area contributed by atoms with Gasteiger partial charge in [-0.1, -0.05) is 34.6 Å². The van der Waals surface area contributed by atoms with E-state index in [9.17, 15) is 0 Å². The highest BCUT2D eigenvalue weighted by molar-refractivity contribution is 7.09. The molecule has 0 fully saturated rings. The number of aromatic nitrogens is 1. The van der Waals surface area contributed by atoms with E-state index in [4.69, 9.17) is 5.11 Å². The first-order chi connectivity index (χ1) is 7.74. The summed E-state index contributed by atoms with van der Waals surface area (Å²) in [4.78, 5) is 4.62. The van der Waals surface area contributed by atoms with E-state index in [0.717, 1.165) is 23.8 Å². The Kier molecular flexibility index (Phi) is 4.69. The molecular weight excluding hydrogens is 232 g/mol. The number of thiazole rings is 1. The molecule has 0 aliphatic heterocycles. The van der Waals surface area contributed by atoms with Gasteiger partial charge in [0.15, 0.2) is 0 Å². The van der Waals surface area contributed by atoms with Gasteiger partial charge in [-0.2, -0.15) is 0 Å². The highest BCUT2D eigenvalue weighted by Gasteiger charge is 2.18. The van der Waals surface area contributed by atoms with Crippen molar-refractivity contribution in [1.29, 1.82) is 0 Å². The fourth-order valence-corrected chi connectivity index (χ4v) is 2.29. The summed E-state index contributed by atoms with van der Waals surface area (Å²) in [5.41, 5.74) is 1.21. The van der Waals surface area contributed by atoms with Gasteiger partial charge < -0.3 is 10.4 Å². The van der Waals surface area contributed by atoms with Crippen molar-refractivity contribution < 1.29 is 5.11 Å². The van der Waals surface area contributed by atoms with Crippen molar-refractivity contribution in [3.63, 3.8) is 0 Å². The molecular formula is C13H24N2OS. The Bertz CT molecular complexity index is 353. The molecule has 98 valence electrons. The van der Waals surface area contributed by atoms with E-state index in [-0.39, 0.29) is 17.4 Å². The Morgan fingerprint density at radius 1 is 1.29 bits per heavy atom. The number of hydrogen-bond acceptors (Lipinski definition) is 4. The molecule has 1 aromatic rings. The summed E-state index contributed by atoms with van der Waals surface area (Å²) < 4.78 is 0. The van der Waals surface area contributed by atoms with Crippen LogP contribution in [-0.2, 0) is 12.0 Å². The van der Waals surface area contributed by atoms with Crippen LogP contribution in [0.2, 0.25) is 0 Å². The molecule has 17 heavy (non-hydrogen) atoms. The average molecular weight is 256 g/mol. The van der Waals surface area contributed by atoms with Gasteiger partial charge in [-0.15, -0.1) is 11.3 Å². The molecule has 0 spiro atoms. The molecule has 0 atom stereocenters. The van der Waals surface area contributed by atoms with Crippen molar-refractivity contribution in [2.75, 3.05) is 13.2 Å². The molecule has 2 N–H and O–H groups in total. The SMILES string of the molecule is CC(C)(CO)CNCc1nc(C(C)(C)C)cs1. The molecule has 0 aliphatic carbocycles. The predicted octanol–water partition coefficient (Wildman–Crippen LogP) is 2.55. The van der Waals surface area contributed by atoms with Crippen LogP contribution in [0.25, 0.3) is 0 Å².